The third-order valence-electron chi connectivity index (χ3n) is 2.36. The van der Waals surface area contributed by atoms with Gasteiger partial charge in [0.2, 0.25) is 0 Å². The molecule has 0 unspecified atom stereocenters. The van der Waals surface area contributed by atoms with Gasteiger partial charge in [0.25, 0.3) is 0 Å². The van der Waals surface area contributed by atoms with E-state index >= 15 is 0 Å². The number of nitrogens with one attached hydrogen (secondary N) is 2. The lowest BCUT2D eigenvalue weighted by molar-refractivity contribution is -0.140. The number of aliphatic hydroxyl groups excluding tert-OH is 1. The van der Waals surface area contributed by atoms with Crippen LogP contribution in [0.3, 0.4) is 0 Å². The van der Waals surface area contributed by atoms with Crippen LogP contribution in [-0.2, 0) is 11.3 Å². The number of aliphatic carboxylic acids is 1. The highest BCUT2D eigenvalue weighted by Gasteiger charge is 2.18. The maximum atomic E-state index is 11.4. The van der Waals surface area contributed by atoms with E-state index in [1.165, 1.54) is 0 Å². The largest absolute Gasteiger partial charge is 0.480 e. The highest BCUT2D eigenvalue weighted by Crippen LogP contribution is 2.02. The van der Waals surface area contributed by atoms with E-state index in [4.69, 9.17) is 10.2 Å². The van der Waals surface area contributed by atoms with Crippen LogP contribution in [0.4, 0.5) is 4.79 Å². The van der Waals surface area contributed by atoms with Crippen molar-refractivity contribution in [2.24, 2.45) is 0 Å². The second-order valence-electron chi connectivity index (χ2n) is 3.89. The molecule has 0 saturated carbocycles. The van der Waals surface area contributed by atoms with Crippen LogP contribution in [0.15, 0.2) is 24.3 Å². The fourth-order valence-corrected chi connectivity index (χ4v) is 1.28. The van der Waals surface area contributed by atoms with Gasteiger partial charge < -0.3 is 20.8 Å². The van der Waals surface area contributed by atoms with Crippen LogP contribution in [0.25, 0.3) is 0 Å². The minimum atomic E-state index is -1.29. The van der Waals surface area contributed by atoms with Crippen molar-refractivity contribution >= 4 is 12.0 Å². The molecule has 0 fully saturated rings. The molecule has 2 amide bonds. The molecule has 0 aromatic heterocycles. The van der Waals surface area contributed by atoms with E-state index in [0.29, 0.717) is 6.54 Å². The molecular formula is C12H16N2O4. The van der Waals surface area contributed by atoms with Crippen molar-refractivity contribution < 1.29 is 19.8 Å². The molecule has 1 aromatic rings. The topological polar surface area (TPSA) is 98.7 Å². The number of aliphatic hydroxyl groups is 1. The van der Waals surface area contributed by atoms with Gasteiger partial charge in [-0.05, 0) is 12.5 Å². The highest BCUT2D eigenvalue weighted by atomic mass is 16.4. The van der Waals surface area contributed by atoms with Crippen molar-refractivity contribution in [1.29, 1.82) is 0 Å². The van der Waals surface area contributed by atoms with E-state index < -0.39 is 24.6 Å². The maximum Gasteiger partial charge on any atom is 0.328 e. The molecule has 0 aliphatic heterocycles. The first-order valence-corrected chi connectivity index (χ1v) is 5.46. The third-order valence-corrected chi connectivity index (χ3v) is 2.36. The molecule has 1 rings (SSSR count). The molecule has 1 aromatic carbocycles. The van der Waals surface area contributed by atoms with E-state index in [2.05, 4.69) is 10.6 Å². The summed E-state index contributed by atoms with van der Waals surface area (Å²) in [5.41, 5.74) is 2.03. The van der Waals surface area contributed by atoms with E-state index in [1.54, 1.807) is 0 Å². The first kappa shape index (κ1) is 14.0. The van der Waals surface area contributed by atoms with Crippen molar-refractivity contribution in [3.8, 4) is 0 Å². The molecule has 98 valence electrons. The van der Waals surface area contributed by atoms with Crippen molar-refractivity contribution in [3.63, 3.8) is 0 Å². The van der Waals surface area contributed by atoms with Crippen LogP contribution >= 0.6 is 0 Å². The zero-order valence-corrected chi connectivity index (χ0v) is 10.0. The number of amides is 2. The van der Waals surface area contributed by atoms with Gasteiger partial charge in [-0.25, -0.2) is 9.59 Å². The van der Waals surface area contributed by atoms with Crippen LogP contribution in [0.2, 0.25) is 0 Å². The minimum absolute atomic E-state index is 0.296. The Labute approximate surface area is 105 Å². The predicted octanol–water partition coefficient (Wildman–Crippen LogP) is 0.240. The summed E-state index contributed by atoms with van der Waals surface area (Å²) in [6.45, 7) is 1.61. The summed E-state index contributed by atoms with van der Waals surface area (Å²) in [6, 6.07) is 5.66. The van der Waals surface area contributed by atoms with E-state index in [9.17, 15) is 9.59 Å². The van der Waals surface area contributed by atoms with Gasteiger partial charge in [0.15, 0.2) is 6.04 Å². The minimum Gasteiger partial charge on any atom is -0.480 e. The number of urea groups is 1. The Morgan fingerprint density at radius 2 is 1.89 bits per heavy atom. The van der Waals surface area contributed by atoms with Crippen LogP contribution in [0.1, 0.15) is 11.1 Å². The fourth-order valence-electron chi connectivity index (χ4n) is 1.28. The van der Waals surface area contributed by atoms with Crippen molar-refractivity contribution in [3.05, 3.63) is 35.4 Å². The third kappa shape index (κ3) is 4.42. The Morgan fingerprint density at radius 3 is 2.39 bits per heavy atom. The standard InChI is InChI=1S/C12H16N2O4/c1-8-2-4-9(5-3-8)6-13-12(18)14-10(7-15)11(16)17/h2-5,10,15H,6-7H2,1H3,(H,16,17)(H2,13,14,18)/t10-/m1/s1. The summed E-state index contributed by atoms with van der Waals surface area (Å²) in [5, 5.41) is 22.0. The first-order valence-electron chi connectivity index (χ1n) is 5.46. The van der Waals surface area contributed by atoms with Crippen LogP contribution in [-0.4, -0.2) is 34.9 Å². The van der Waals surface area contributed by atoms with Gasteiger partial charge in [-0.1, -0.05) is 29.8 Å². The maximum absolute atomic E-state index is 11.4. The molecule has 1 atom stereocenters. The summed E-state index contributed by atoms with van der Waals surface area (Å²) in [7, 11) is 0. The summed E-state index contributed by atoms with van der Waals surface area (Å²) in [5.74, 6) is -1.28. The molecule has 0 bridgehead atoms. The average Bonchev–Trinajstić information content (AvgIpc) is 2.35. The molecule has 0 radical (unpaired) electrons. The Kier molecular flexibility index (Phi) is 5.13. The number of rotatable bonds is 5. The van der Waals surface area contributed by atoms with Gasteiger partial charge in [0, 0.05) is 6.54 Å². The normalized spacial score (nSPS) is 11.7. The monoisotopic (exact) mass is 252 g/mol. The SMILES string of the molecule is Cc1ccc(CNC(=O)N[C@H](CO)C(=O)O)cc1. The Morgan fingerprint density at radius 1 is 1.28 bits per heavy atom. The summed E-state index contributed by atoms with van der Waals surface area (Å²) in [6.07, 6.45) is 0. The molecule has 6 heteroatoms. The van der Waals surface area contributed by atoms with Gasteiger partial charge in [0.1, 0.15) is 0 Å². The van der Waals surface area contributed by atoms with Gasteiger partial charge in [0.05, 0.1) is 6.61 Å². The first-order chi connectivity index (χ1) is 8.52. The number of carboxylic acids is 1. The molecular weight excluding hydrogens is 236 g/mol. The molecule has 0 saturated heterocycles. The molecule has 18 heavy (non-hydrogen) atoms. The van der Waals surface area contributed by atoms with Crippen molar-refractivity contribution in [2.75, 3.05) is 6.61 Å². The Balaban J connectivity index is 2.41. The Hall–Kier alpha value is -2.08. The predicted molar refractivity (Wildman–Crippen MR) is 65.1 cm³/mol. The van der Waals surface area contributed by atoms with Gasteiger partial charge in [-0.15, -0.1) is 0 Å². The van der Waals surface area contributed by atoms with Crippen molar-refractivity contribution in [2.45, 2.75) is 19.5 Å². The second-order valence-corrected chi connectivity index (χ2v) is 3.89. The zero-order chi connectivity index (χ0) is 13.5. The second kappa shape index (κ2) is 6.61. The van der Waals surface area contributed by atoms with Crippen LogP contribution < -0.4 is 10.6 Å². The number of hydrogen-bond acceptors (Lipinski definition) is 3. The quantitative estimate of drug-likeness (QED) is 0.603. The fraction of sp³-hybridized carbons (Fsp3) is 0.333. The van der Waals surface area contributed by atoms with E-state index in [0.717, 1.165) is 11.1 Å². The summed E-state index contributed by atoms with van der Waals surface area (Å²) < 4.78 is 0. The molecule has 0 spiro atoms. The highest BCUT2D eigenvalue weighted by molar-refractivity contribution is 5.82. The number of hydrogen-bond donors (Lipinski definition) is 4. The Bertz CT molecular complexity index is 417. The van der Waals surface area contributed by atoms with Gasteiger partial charge in [-0.3, -0.25) is 0 Å². The van der Waals surface area contributed by atoms with Crippen LogP contribution in [0, 0.1) is 6.92 Å². The number of carboxylic acid groups (broad SMARTS) is 1. The van der Waals surface area contributed by atoms with Crippen LogP contribution in [0.5, 0.6) is 0 Å². The van der Waals surface area contributed by atoms with E-state index in [-0.39, 0.29) is 0 Å². The number of carbonyl (C=O) groups is 2. The lowest BCUT2D eigenvalue weighted by atomic mass is 10.1. The lowest BCUT2D eigenvalue weighted by Gasteiger charge is -2.12. The molecule has 6 nitrogen and oxygen atoms in total. The number of carbonyl (C=O) groups excluding carboxylic acids is 1. The smallest absolute Gasteiger partial charge is 0.328 e. The average molecular weight is 252 g/mol. The zero-order valence-electron chi connectivity index (χ0n) is 10.0. The number of aryl methyl sites for hydroxylation is 1. The van der Waals surface area contributed by atoms with Crippen molar-refractivity contribution in [1.82, 2.24) is 10.6 Å². The number of benzene rings is 1. The summed E-state index contributed by atoms with van der Waals surface area (Å²) >= 11 is 0. The van der Waals surface area contributed by atoms with Gasteiger partial charge >= 0.3 is 12.0 Å². The molecule has 0 aliphatic rings. The van der Waals surface area contributed by atoms with Gasteiger partial charge in [-0.2, -0.15) is 0 Å². The lowest BCUT2D eigenvalue weighted by Crippen LogP contribution is -2.47. The van der Waals surface area contributed by atoms with E-state index in [1.807, 2.05) is 31.2 Å². The summed E-state index contributed by atoms with van der Waals surface area (Å²) in [4.78, 5) is 21.9. The molecule has 4 N–H and O–H groups in total. The molecule has 0 aliphatic carbocycles. The molecule has 0 heterocycles.